The van der Waals surface area contributed by atoms with Gasteiger partial charge in [-0.3, -0.25) is 14.4 Å². The van der Waals surface area contributed by atoms with E-state index in [2.05, 4.69) is 15.3 Å². The van der Waals surface area contributed by atoms with Crippen LogP contribution in [0.2, 0.25) is 0 Å². The van der Waals surface area contributed by atoms with Crippen LogP contribution in [0.25, 0.3) is 0 Å². The predicted octanol–water partition coefficient (Wildman–Crippen LogP) is 5.26. The summed E-state index contributed by atoms with van der Waals surface area (Å²) in [5.74, 6) is -2.35. The van der Waals surface area contributed by atoms with Crippen molar-refractivity contribution in [1.29, 1.82) is 0 Å². The Morgan fingerprint density at radius 2 is 1.49 bits per heavy atom. The lowest BCUT2D eigenvalue weighted by Gasteiger charge is -2.38. The van der Waals surface area contributed by atoms with E-state index in [0.29, 0.717) is 83.6 Å². The molecule has 47 heavy (non-hydrogen) atoms. The highest BCUT2D eigenvalue weighted by Crippen LogP contribution is 2.37. The van der Waals surface area contributed by atoms with Crippen molar-refractivity contribution < 1.29 is 37.1 Å². The molecule has 0 atom stereocenters. The van der Waals surface area contributed by atoms with E-state index in [0.717, 1.165) is 0 Å². The first kappa shape index (κ1) is 32.3. The maximum absolute atomic E-state index is 13.9. The average molecular weight is 655 g/mol. The first-order valence-corrected chi connectivity index (χ1v) is 16.0. The number of pyridine rings is 1. The zero-order valence-electron chi connectivity index (χ0n) is 25.8. The van der Waals surface area contributed by atoms with E-state index in [1.807, 2.05) is 40.1 Å². The quantitative estimate of drug-likeness (QED) is 0.350. The SMILES string of the molecule is O=C(Nc1ccc(N2CCN(C(=O)[C@H]3CC[C@H](C(=O)O)CC3)CC2)nc1)c1oc(N2CCC(c3ccccc3)CC2)nc1C(F)(F)F. The normalized spacial score (nSPS) is 21.0. The number of carbonyl (C=O) groups is 3. The molecule has 3 aliphatic rings. The second kappa shape index (κ2) is 13.6. The van der Waals surface area contributed by atoms with Gasteiger partial charge in [0.15, 0.2) is 5.69 Å². The molecule has 2 saturated heterocycles. The third-order valence-electron chi connectivity index (χ3n) is 9.47. The van der Waals surface area contributed by atoms with Gasteiger partial charge in [-0.2, -0.15) is 18.2 Å². The second-order valence-corrected chi connectivity index (χ2v) is 12.4. The van der Waals surface area contributed by atoms with Gasteiger partial charge in [0.05, 0.1) is 17.8 Å². The fourth-order valence-electron chi connectivity index (χ4n) is 6.76. The predicted molar refractivity (Wildman–Crippen MR) is 166 cm³/mol. The minimum Gasteiger partial charge on any atom is -0.481 e. The van der Waals surface area contributed by atoms with Crippen LogP contribution in [0.4, 0.5) is 30.7 Å². The molecule has 14 heteroatoms. The molecule has 11 nitrogen and oxygen atoms in total. The highest BCUT2D eigenvalue weighted by atomic mass is 19.4. The van der Waals surface area contributed by atoms with Gasteiger partial charge in [-0.15, -0.1) is 0 Å². The maximum Gasteiger partial charge on any atom is 0.437 e. The van der Waals surface area contributed by atoms with Gasteiger partial charge in [-0.25, -0.2) is 4.98 Å². The summed E-state index contributed by atoms with van der Waals surface area (Å²) in [6.07, 6.45) is 0.104. The van der Waals surface area contributed by atoms with Gasteiger partial charge in [0.25, 0.3) is 11.9 Å². The van der Waals surface area contributed by atoms with Gasteiger partial charge in [0, 0.05) is 45.2 Å². The number of carboxylic acid groups (broad SMARTS) is 1. The van der Waals surface area contributed by atoms with Gasteiger partial charge in [-0.05, 0) is 62.1 Å². The van der Waals surface area contributed by atoms with Crippen molar-refractivity contribution in [3.63, 3.8) is 0 Å². The van der Waals surface area contributed by atoms with E-state index in [-0.39, 0.29) is 35.4 Å². The van der Waals surface area contributed by atoms with Crippen molar-refractivity contribution in [1.82, 2.24) is 14.9 Å². The lowest BCUT2D eigenvalue weighted by Crippen LogP contribution is -2.51. The molecular weight excluding hydrogens is 617 g/mol. The van der Waals surface area contributed by atoms with Crippen LogP contribution < -0.4 is 15.1 Å². The van der Waals surface area contributed by atoms with Crippen molar-refractivity contribution in [2.75, 3.05) is 54.4 Å². The maximum atomic E-state index is 13.9. The highest BCUT2D eigenvalue weighted by molar-refractivity contribution is 6.03. The Balaban J connectivity index is 1.04. The van der Waals surface area contributed by atoms with Crippen LogP contribution in [0, 0.1) is 11.8 Å². The number of halogens is 3. The van der Waals surface area contributed by atoms with Crippen LogP contribution in [0.15, 0.2) is 53.1 Å². The van der Waals surface area contributed by atoms with E-state index in [1.165, 1.54) is 11.8 Å². The summed E-state index contributed by atoms with van der Waals surface area (Å²) < 4.78 is 47.2. The van der Waals surface area contributed by atoms with Crippen molar-refractivity contribution in [3.8, 4) is 0 Å². The van der Waals surface area contributed by atoms with Gasteiger partial charge in [-0.1, -0.05) is 30.3 Å². The average Bonchev–Trinajstić information content (AvgIpc) is 3.56. The molecule has 1 aliphatic carbocycles. The first-order chi connectivity index (χ1) is 22.6. The molecule has 0 spiro atoms. The number of benzene rings is 1. The Labute approximate surface area is 269 Å². The van der Waals surface area contributed by atoms with Crippen molar-refractivity contribution in [2.24, 2.45) is 11.8 Å². The third-order valence-corrected chi connectivity index (χ3v) is 9.47. The van der Waals surface area contributed by atoms with Crippen LogP contribution in [0.3, 0.4) is 0 Å². The molecule has 0 bridgehead atoms. The molecule has 2 amide bonds. The Bertz CT molecular complexity index is 1560. The van der Waals surface area contributed by atoms with Gasteiger partial charge in [0.1, 0.15) is 5.82 Å². The molecule has 2 N–H and O–H groups in total. The van der Waals surface area contributed by atoms with Gasteiger partial charge < -0.3 is 29.5 Å². The number of oxazole rings is 1. The number of carbonyl (C=O) groups excluding carboxylic acids is 2. The Morgan fingerprint density at radius 1 is 0.830 bits per heavy atom. The first-order valence-electron chi connectivity index (χ1n) is 16.0. The van der Waals surface area contributed by atoms with E-state index in [1.54, 1.807) is 17.0 Å². The number of alkyl halides is 3. The van der Waals surface area contributed by atoms with E-state index < -0.39 is 29.5 Å². The molecule has 250 valence electrons. The molecule has 0 unspecified atom stereocenters. The fourth-order valence-corrected chi connectivity index (χ4v) is 6.76. The number of nitrogens with one attached hydrogen (secondary N) is 1. The van der Waals surface area contributed by atoms with Crippen LogP contribution in [-0.2, 0) is 15.8 Å². The van der Waals surface area contributed by atoms with Crippen LogP contribution in [0.5, 0.6) is 0 Å². The summed E-state index contributed by atoms with van der Waals surface area (Å²) in [5.41, 5.74) is 0.00211. The van der Waals surface area contributed by atoms with E-state index >= 15 is 0 Å². The summed E-state index contributed by atoms with van der Waals surface area (Å²) in [5, 5.41) is 11.7. The fraction of sp³-hybridized carbons (Fsp3) is 0.485. The van der Waals surface area contributed by atoms with Gasteiger partial charge >= 0.3 is 12.1 Å². The summed E-state index contributed by atoms with van der Waals surface area (Å²) in [4.78, 5) is 50.8. The zero-order valence-corrected chi connectivity index (χ0v) is 25.8. The number of hydrogen-bond donors (Lipinski definition) is 2. The van der Waals surface area contributed by atoms with E-state index in [9.17, 15) is 32.7 Å². The number of aliphatic carboxylic acids is 1. The third kappa shape index (κ3) is 7.36. The minimum absolute atomic E-state index is 0.0602. The monoisotopic (exact) mass is 654 g/mol. The lowest BCUT2D eigenvalue weighted by molar-refractivity contribution is -0.145. The minimum atomic E-state index is -4.89. The number of hydrogen-bond acceptors (Lipinski definition) is 8. The molecule has 0 radical (unpaired) electrons. The van der Waals surface area contributed by atoms with Crippen LogP contribution in [-0.4, -0.2) is 77.0 Å². The molecule has 3 aromatic rings. The molecular formula is C33H37F3N6O5. The van der Waals surface area contributed by atoms with Crippen molar-refractivity contribution >= 4 is 35.3 Å². The van der Waals surface area contributed by atoms with Crippen LogP contribution >= 0.6 is 0 Å². The standard InChI is InChI=1S/C33H37F3N6O5/c34-33(35,36)28-27(47-32(39-28)42-14-12-22(13-15-42)21-4-2-1-3-5-21)29(43)38-25-10-11-26(37-20-25)40-16-18-41(19-17-40)30(44)23-6-8-24(9-7-23)31(45)46/h1-5,10-11,20,22-24H,6-9,12-19H2,(H,38,43)(H,45,46)/t23-,24-. The molecule has 2 aromatic heterocycles. The number of rotatable bonds is 7. The van der Waals surface area contributed by atoms with Crippen molar-refractivity contribution in [3.05, 3.63) is 65.7 Å². The number of anilines is 3. The highest BCUT2D eigenvalue weighted by Gasteiger charge is 2.42. The Morgan fingerprint density at radius 3 is 2.09 bits per heavy atom. The number of carboxylic acids is 1. The summed E-state index contributed by atoms with van der Waals surface area (Å²) in [7, 11) is 0. The summed E-state index contributed by atoms with van der Waals surface area (Å²) >= 11 is 0. The Kier molecular flexibility index (Phi) is 9.37. The number of nitrogens with zero attached hydrogens (tertiary/aromatic N) is 5. The van der Waals surface area contributed by atoms with E-state index in [4.69, 9.17) is 4.42 Å². The molecule has 1 saturated carbocycles. The largest absolute Gasteiger partial charge is 0.481 e. The van der Waals surface area contributed by atoms with Crippen LogP contribution in [0.1, 0.15) is 66.3 Å². The molecule has 3 fully saturated rings. The smallest absolute Gasteiger partial charge is 0.437 e. The van der Waals surface area contributed by atoms with Crippen molar-refractivity contribution in [2.45, 2.75) is 50.6 Å². The molecule has 2 aliphatic heterocycles. The summed E-state index contributed by atoms with van der Waals surface area (Å²) in [6, 6.07) is 12.9. The number of amides is 2. The molecule has 1 aromatic carbocycles. The Hall–Kier alpha value is -4.62. The molecule has 4 heterocycles. The lowest BCUT2D eigenvalue weighted by atomic mass is 9.81. The second-order valence-electron chi connectivity index (χ2n) is 12.4. The van der Waals surface area contributed by atoms with Gasteiger partial charge in [0.2, 0.25) is 11.7 Å². The summed E-state index contributed by atoms with van der Waals surface area (Å²) in [6.45, 7) is 2.95. The zero-order chi connectivity index (χ0) is 33.1. The number of piperazine rings is 1. The topological polar surface area (TPSA) is 132 Å². The number of aromatic nitrogens is 2. The molecule has 6 rings (SSSR count). The number of piperidine rings is 1.